The van der Waals surface area contributed by atoms with Crippen LogP contribution in [0.4, 0.5) is 10.2 Å². The number of aliphatic hydroxyl groups is 1. The molecule has 4 aromatic rings. The normalized spacial score (nSPS) is 36.1. The number of aryl methyl sites for hydroxylation is 1. The summed E-state index contributed by atoms with van der Waals surface area (Å²) in [5.41, 5.74) is 5.51. The van der Waals surface area contributed by atoms with Gasteiger partial charge in [0.05, 0.1) is 38.6 Å². The number of fused-ring (bicyclic) bond motifs is 5. The van der Waals surface area contributed by atoms with Crippen molar-refractivity contribution >= 4 is 50.9 Å². The molecule has 256 valence electrons. The summed E-state index contributed by atoms with van der Waals surface area (Å²) in [6.45, 7) is -0.591. The fourth-order valence-corrected chi connectivity index (χ4v) is 8.00. The molecule has 26 heteroatoms. The van der Waals surface area contributed by atoms with E-state index in [1.807, 2.05) is 0 Å². The third-order valence-corrected chi connectivity index (χ3v) is 10.3. The van der Waals surface area contributed by atoms with Crippen LogP contribution in [0, 0.1) is 12.8 Å². The quantitative estimate of drug-likeness (QED) is 0.0773. The number of rotatable bonds is 5. The molecule has 0 saturated carbocycles. The van der Waals surface area contributed by atoms with Crippen molar-refractivity contribution in [3.8, 4) is 0 Å². The summed E-state index contributed by atoms with van der Waals surface area (Å²) < 4.78 is 80.3. The summed E-state index contributed by atoms with van der Waals surface area (Å²) in [7, 11) is -3.45. The van der Waals surface area contributed by atoms with Gasteiger partial charge in [0.15, 0.2) is 41.3 Å². The molecule has 4 aromatic heterocycles. The topological polar surface area (TPSA) is 284 Å². The molecule has 3 saturated heterocycles. The Labute approximate surface area is 268 Å². The molecule has 2 radical (unpaired) electrons. The van der Waals surface area contributed by atoms with E-state index in [9.17, 15) is 19.0 Å². The van der Waals surface area contributed by atoms with Gasteiger partial charge in [-0.15, -0.1) is 4.99 Å². The van der Waals surface area contributed by atoms with E-state index in [1.54, 1.807) is 5.25 Å². The molecule has 7 rings (SSSR count). The van der Waals surface area contributed by atoms with Crippen LogP contribution >= 0.6 is 15.2 Å². The molecule has 0 aromatic carbocycles. The number of aliphatic hydroxyl groups excluding tert-OH is 1. The predicted octanol–water partition coefficient (Wildman–Crippen LogP) is -0.212. The fourth-order valence-electron chi connectivity index (χ4n) is 5.81. The average Bonchev–Trinajstić information content (AvgIpc) is 3.79. The van der Waals surface area contributed by atoms with Gasteiger partial charge in [-0.2, -0.15) is 0 Å². The van der Waals surface area contributed by atoms with Gasteiger partial charge < -0.3 is 34.3 Å². The maximum Gasteiger partial charge on any atom is 0.431 e. The maximum atomic E-state index is 16.2. The lowest BCUT2D eigenvalue weighted by atomic mass is 9.99. The summed E-state index contributed by atoms with van der Waals surface area (Å²) in [6.07, 6.45) is -7.43. The molecular weight excluding hydrogens is 688 g/mol. The van der Waals surface area contributed by atoms with Gasteiger partial charge in [-0.3, -0.25) is 27.5 Å². The lowest BCUT2D eigenvalue weighted by molar-refractivity contribution is -0.274. The number of aromatic nitrogens is 8. The Morgan fingerprint density at radius 2 is 1.77 bits per heavy atom. The molecule has 7 heterocycles. The summed E-state index contributed by atoms with van der Waals surface area (Å²) in [4.78, 5) is 39.3. The van der Waals surface area contributed by atoms with Crippen molar-refractivity contribution < 1.29 is 56.4 Å². The van der Waals surface area contributed by atoms with Crippen LogP contribution in [-0.4, -0.2) is 107 Å². The third kappa shape index (κ3) is 5.86. The minimum absolute atomic E-state index is 0.00968. The maximum absolute atomic E-state index is 16.2. The number of nitrogens with two attached hydrogens (primary N) is 1. The standard InChI is InChI=1S/C22H26BFN10O12P2/c1-8-30-19-14(20(36)31-8)29-7-34(19)22-15-9(2-35)10(42-22)3-41-48(39,32-46-37)45-16-11(4-40-47(23,38)44-15)43-21(12(16)24)33-6-28-13-17(25)26-5-27-18(13)33/h5-7,9-12,15-16,21-22,35,37H,2-4H2,1H3,(H,32,39)(H2,25,26,27)(H,30,31,36)/t9-,10+,11+,12?,15?,16-,21+,22+,47-,48?/m0/s1. The third-order valence-electron chi connectivity index (χ3n) is 7.97. The highest BCUT2D eigenvalue weighted by atomic mass is 31.2. The van der Waals surface area contributed by atoms with Gasteiger partial charge in [0.25, 0.3) is 13.0 Å². The Balaban J connectivity index is 1.24. The van der Waals surface area contributed by atoms with E-state index in [0.717, 1.165) is 6.33 Å². The number of nitrogens with zero attached hydrogens (tertiary/aromatic N) is 7. The minimum atomic E-state index is -4.83. The van der Waals surface area contributed by atoms with E-state index < -0.39 is 89.6 Å². The van der Waals surface area contributed by atoms with Crippen LogP contribution in [0.25, 0.3) is 22.3 Å². The number of H-pyrrole nitrogens is 1. The molecule has 3 unspecified atom stereocenters. The van der Waals surface area contributed by atoms with Crippen LogP contribution in [0.1, 0.15) is 18.3 Å². The Bertz CT molecular complexity index is 2000. The van der Waals surface area contributed by atoms with Gasteiger partial charge in [0.2, 0.25) is 7.57 Å². The second kappa shape index (κ2) is 12.6. The summed E-state index contributed by atoms with van der Waals surface area (Å²) in [6, 6.07) is 0. The van der Waals surface area contributed by atoms with Crippen molar-refractivity contribution in [1.82, 2.24) is 44.3 Å². The zero-order valence-electron chi connectivity index (χ0n) is 24.5. The number of alkyl halides is 1. The zero-order chi connectivity index (χ0) is 34.0. The second-order valence-electron chi connectivity index (χ2n) is 10.9. The number of nitrogens with one attached hydrogen (secondary N) is 2. The molecule has 10 atom stereocenters. The Kier molecular flexibility index (Phi) is 8.71. The molecule has 2 bridgehead atoms. The molecule has 6 N–H and O–H groups in total. The van der Waals surface area contributed by atoms with Gasteiger partial charge in [-0.05, 0) is 6.92 Å². The van der Waals surface area contributed by atoms with Gasteiger partial charge >= 0.3 is 7.75 Å². The summed E-state index contributed by atoms with van der Waals surface area (Å²) >= 11 is 0. The van der Waals surface area contributed by atoms with Crippen molar-refractivity contribution in [3.05, 3.63) is 35.2 Å². The zero-order valence-corrected chi connectivity index (χ0v) is 26.3. The first-order chi connectivity index (χ1) is 22.9. The van der Waals surface area contributed by atoms with Crippen molar-refractivity contribution in [1.29, 1.82) is 0 Å². The highest BCUT2D eigenvalue weighted by Gasteiger charge is 2.54. The van der Waals surface area contributed by atoms with Gasteiger partial charge in [-0.25, -0.2) is 39.1 Å². The molecular formula is C22H26BFN10O12P2. The van der Waals surface area contributed by atoms with Crippen molar-refractivity contribution in [2.24, 2.45) is 5.92 Å². The van der Waals surface area contributed by atoms with Crippen molar-refractivity contribution in [2.45, 2.75) is 50.0 Å². The fraction of sp³-hybridized carbons (Fsp3) is 0.545. The minimum Gasteiger partial charge on any atom is -0.396 e. The van der Waals surface area contributed by atoms with Crippen LogP contribution < -0.4 is 16.5 Å². The Morgan fingerprint density at radius 3 is 2.52 bits per heavy atom. The van der Waals surface area contributed by atoms with E-state index in [-0.39, 0.29) is 34.0 Å². The van der Waals surface area contributed by atoms with E-state index in [4.69, 9.17) is 46.1 Å². The number of hydrogen-bond acceptors (Lipinski definition) is 18. The van der Waals surface area contributed by atoms with Crippen molar-refractivity contribution in [3.63, 3.8) is 0 Å². The van der Waals surface area contributed by atoms with Gasteiger partial charge in [-0.1, -0.05) is 5.25 Å². The van der Waals surface area contributed by atoms with Gasteiger partial charge in [0, 0.05) is 5.92 Å². The molecule has 0 amide bonds. The van der Waals surface area contributed by atoms with Crippen LogP contribution in [0.15, 0.2) is 23.8 Å². The van der Waals surface area contributed by atoms with E-state index in [0.29, 0.717) is 0 Å². The predicted molar refractivity (Wildman–Crippen MR) is 155 cm³/mol. The van der Waals surface area contributed by atoms with Gasteiger partial charge in [0.1, 0.15) is 36.0 Å². The lowest BCUT2D eigenvalue weighted by Gasteiger charge is -2.28. The Hall–Kier alpha value is -3.25. The molecule has 3 aliphatic rings. The van der Waals surface area contributed by atoms with E-state index in [1.165, 1.54) is 28.7 Å². The number of anilines is 1. The number of nitrogen functional groups attached to an aromatic ring is 1. The molecule has 0 spiro atoms. The highest BCUT2D eigenvalue weighted by molar-refractivity contribution is 7.79. The first-order valence-electron chi connectivity index (χ1n) is 14.1. The highest BCUT2D eigenvalue weighted by Crippen LogP contribution is 2.55. The van der Waals surface area contributed by atoms with E-state index in [2.05, 4.69) is 34.9 Å². The largest absolute Gasteiger partial charge is 0.431 e. The summed E-state index contributed by atoms with van der Waals surface area (Å²) in [5, 5.41) is 21.2. The van der Waals surface area contributed by atoms with Crippen LogP contribution in [0.3, 0.4) is 0 Å². The number of aromatic amines is 1. The Morgan fingerprint density at radius 1 is 1.06 bits per heavy atom. The van der Waals surface area contributed by atoms with E-state index >= 15 is 4.39 Å². The lowest BCUT2D eigenvalue weighted by Crippen LogP contribution is -2.36. The van der Waals surface area contributed by atoms with Crippen LogP contribution in [0.2, 0.25) is 0 Å². The van der Waals surface area contributed by atoms with Crippen molar-refractivity contribution in [2.75, 3.05) is 25.6 Å². The molecule has 48 heavy (non-hydrogen) atoms. The number of ether oxygens (including phenoxy) is 2. The second-order valence-corrected chi connectivity index (χ2v) is 14.1. The molecule has 3 fully saturated rings. The molecule has 0 aliphatic carbocycles. The van der Waals surface area contributed by atoms with Crippen LogP contribution in [-0.2, 0) is 41.7 Å². The first-order valence-corrected chi connectivity index (χ1v) is 17.2. The first kappa shape index (κ1) is 33.3. The molecule has 22 nitrogen and oxygen atoms in total. The number of imidazole rings is 2. The van der Waals surface area contributed by atoms with Crippen LogP contribution in [0.5, 0.6) is 0 Å². The summed E-state index contributed by atoms with van der Waals surface area (Å²) in [5.74, 6) is -0.852. The number of halogens is 1. The number of hydrogen-bond donors (Lipinski definition) is 5. The smallest absolute Gasteiger partial charge is 0.396 e. The monoisotopic (exact) mass is 714 g/mol. The molecule has 3 aliphatic heterocycles. The SMILES string of the molecule is [B][P@]1(=O)OC[C@H]2O[C@@H](n3cnc4c(N)ncnc43)C(F)[C@H]2OP(=O)(NOO)OC[C@H]2O[C@@H](n3cnc4c(=O)[nH]c(C)nc43)C(O1)[C@H]2CO. The average molecular weight is 714 g/mol.